The van der Waals surface area contributed by atoms with Crippen molar-refractivity contribution < 1.29 is 46.5 Å². The summed E-state index contributed by atoms with van der Waals surface area (Å²) in [5.41, 5.74) is 0.238. The van der Waals surface area contributed by atoms with Crippen LogP contribution in [0.4, 0.5) is 0 Å². The molecule has 0 atom stereocenters. The third-order valence-corrected chi connectivity index (χ3v) is 1.21. The maximum Gasteiger partial charge on any atom is 4.00 e. The Labute approximate surface area is 144 Å². The van der Waals surface area contributed by atoms with Crippen LogP contribution in [0.2, 0.25) is 13.1 Å². The standard InChI is InChI=1S/C6H14N.C5H5.C2H7Si.2ClH.Ti/c1-5-7-6(2,3)4;1-2-4-5-3-1;1-3-2;;;/h7H,1,5H2,2-4H3;1-5H;3H,1-2H3;2*1H;/q2*-1;;;;+4/p-2. The quantitative estimate of drug-likeness (QED) is 0.427. The van der Waals surface area contributed by atoms with E-state index in [9.17, 15) is 0 Å². The fourth-order valence-electron chi connectivity index (χ4n) is 0.696. The van der Waals surface area contributed by atoms with E-state index in [2.05, 4.69) is 46.1 Å². The van der Waals surface area contributed by atoms with Crippen LogP contribution in [0, 0.1) is 6.92 Å². The summed E-state index contributed by atoms with van der Waals surface area (Å²) in [4.78, 5) is 0. The second-order valence-electron chi connectivity index (χ2n) is 4.22. The minimum absolute atomic E-state index is 0. The number of rotatable bonds is 1. The van der Waals surface area contributed by atoms with Crippen LogP contribution >= 0.6 is 0 Å². The molecule has 0 saturated carbocycles. The van der Waals surface area contributed by atoms with Crippen LogP contribution in [0.1, 0.15) is 20.8 Å². The van der Waals surface area contributed by atoms with Gasteiger partial charge >= 0.3 is 21.7 Å². The molecular formula is C13H26Cl2NSiTi. The maximum atomic E-state index is 3.66. The molecular weight excluding hydrogens is 317 g/mol. The molecule has 0 aliphatic carbocycles. The monoisotopic (exact) mass is 342 g/mol. The van der Waals surface area contributed by atoms with Crippen LogP contribution in [0.15, 0.2) is 30.3 Å². The Hall–Kier alpha value is 0.821. The minimum Gasteiger partial charge on any atom is -1.00 e. The van der Waals surface area contributed by atoms with Crippen molar-refractivity contribution in [1.29, 1.82) is 0 Å². The van der Waals surface area contributed by atoms with Crippen LogP contribution in [0.3, 0.4) is 0 Å². The fourth-order valence-corrected chi connectivity index (χ4v) is 0.696. The summed E-state index contributed by atoms with van der Waals surface area (Å²) in [7, 11) is 0.750. The Kier molecular flexibility index (Phi) is 39.9. The third kappa shape index (κ3) is 43.7. The molecule has 1 nitrogen and oxygen atoms in total. The number of hydrogen-bond acceptors (Lipinski definition) is 1. The predicted molar refractivity (Wildman–Crippen MR) is 74.0 cm³/mol. The zero-order valence-electron chi connectivity index (χ0n) is 12.1. The van der Waals surface area contributed by atoms with E-state index in [4.69, 9.17) is 0 Å². The van der Waals surface area contributed by atoms with Gasteiger partial charge in [-0.15, -0.1) is 6.54 Å². The van der Waals surface area contributed by atoms with E-state index in [1.807, 2.05) is 30.3 Å². The van der Waals surface area contributed by atoms with Gasteiger partial charge in [-0.05, 0) is 20.8 Å². The van der Waals surface area contributed by atoms with Gasteiger partial charge < -0.3 is 37.1 Å². The first-order chi connectivity index (χ1) is 6.97. The van der Waals surface area contributed by atoms with Crippen molar-refractivity contribution in [1.82, 2.24) is 5.32 Å². The summed E-state index contributed by atoms with van der Waals surface area (Å²) in [6, 6.07) is 10.0. The summed E-state index contributed by atoms with van der Waals surface area (Å²) in [6.07, 6.45) is 0. The fraction of sp³-hybridized carbons (Fsp3) is 0.538. The molecule has 1 N–H and O–H groups in total. The molecule has 1 aromatic rings. The van der Waals surface area contributed by atoms with Gasteiger partial charge in [-0.25, -0.2) is 12.1 Å². The minimum atomic E-state index is 0. The van der Waals surface area contributed by atoms with Crippen LogP contribution < -0.4 is 30.1 Å². The average molecular weight is 343 g/mol. The molecule has 18 heavy (non-hydrogen) atoms. The molecule has 0 saturated heterocycles. The molecule has 1 aromatic carbocycles. The largest absolute Gasteiger partial charge is 4.00 e. The van der Waals surface area contributed by atoms with E-state index in [1.54, 1.807) is 0 Å². The second kappa shape index (κ2) is 23.0. The van der Waals surface area contributed by atoms with Crippen molar-refractivity contribution in [3.63, 3.8) is 0 Å². The molecule has 5 heteroatoms. The van der Waals surface area contributed by atoms with Crippen molar-refractivity contribution in [2.45, 2.75) is 39.4 Å². The van der Waals surface area contributed by atoms with Crippen molar-refractivity contribution in [2.24, 2.45) is 0 Å². The molecule has 0 aliphatic rings. The van der Waals surface area contributed by atoms with Crippen molar-refractivity contribution >= 4 is 9.52 Å². The Bertz CT molecular complexity index is 172. The van der Waals surface area contributed by atoms with Crippen LogP contribution in [-0.4, -0.2) is 21.6 Å². The summed E-state index contributed by atoms with van der Waals surface area (Å²) in [5.74, 6) is 0. The van der Waals surface area contributed by atoms with Gasteiger partial charge in [-0.2, -0.15) is 18.2 Å². The molecule has 0 spiro atoms. The number of hydrogen-bond donors (Lipinski definition) is 1. The average Bonchev–Trinajstić information content (AvgIpc) is 2.59. The SMILES string of the molecule is C[SiH]C.[CH2-]CNC(C)(C)C.[Cl-].[Cl-].[Ti+4].c1cc[cH-]c1. The Morgan fingerprint density at radius 3 is 1.50 bits per heavy atom. The molecule has 0 unspecified atom stereocenters. The number of halogens is 2. The van der Waals surface area contributed by atoms with E-state index in [0.717, 1.165) is 16.1 Å². The molecule has 105 valence electrons. The van der Waals surface area contributed by atoms with Gasteiger partial charge in [0.05, 0.1) is 0 Å². The van der Waals surface area contributed by atoms with Gasteiger partial charge in [0, 0.05) is 15.1 Å². The van der Waals surface area contributed by atoms with Gasteiger partial charge in [0.1, 0.15) is 0 Å². The molecule has 0 amide bonds. The Morgan fingerprint density at radius 2 is 1.44 bits per heavy atom. The van der Waals surface area contributed by atoms with Crippen LogP contribution in [0.25, 0.3) is 0 Å². The van der Waals surface area contributed by atoms with E-state index in [0.29, 0.717) is 0 Å². The summed E-state index contributed by atoms with van der Waals surface area (Å²) >= 11 is 0. The van der Waals surface area contributed by atoms with Gasteiger partial charge in [-0.3, -0.25) is 0 Å². The molecule has 0 bridgehead atoms. The Balaban J connectivity index is -0.0000000461. The first kappa shape index (κ1) is 31.3. The van der Waals surface area contributed by atoms with Crippen molar-refractivity contribution in [3.05, 3.63) is 37.3 Å². The molecule has 0 aliphatic heterocycles. The zero-order valence-corrected chi connectivity index (χ0v) is 16.4. The predicted octanol–water partition coefficient (Wildman–Crippen LogP) is -2.86. The first-order valence-electron chi connectivity index (χ1n) is 5.42. The summed E-state index contributed by atoms with van der Waals surface area (Å²) in [5, 5.41) is 3.17. The van der Waals surface area contributed by atoms with E-state index in [1.165, 1.54) is 0 Å². The summed E-state index contributed by atoms with van der Waals surface area (Å²) in [6.45, 7) is 15.3. The topological polar surface area (TPSA) is 12.0 Å². The normalized spacial score (nSPS) is 7.89. The third-order valence-electron chi connectivity index (χ3n) is 1.21. The summed E-state index contributed by atoms with van der Waals surface area (Å²) < 4.78 is 0. The van der Waals surface area contributed by atoms with Gasteiger partial charge in [0.15, 0.2) is 0 Å². The van der Waals surface area contributed by atoms with Crippen LogP contribution in [-0.2, 0) is 21.7 Å². The van der Waals surface area contributed by atoms with Gasteiger partial charge in [0.2, 0.25) is 0 Å². The first-order valence-corrected chi connectivity index (χ1v) is 7.73. The van der Waals surface area contributed by atoms with Crippen LogP contribution in [0.5, 0.6) is 0 Å². The smallest absolute Gasteiger partial charge is 1.00 e. The number of nitrogens with one attached hydrogen (secondary N) is 1. The van der Waals surface area contributed by atoms with E-state index >= 15 is 0 Å². The van der Waals surface area contributed by atoms with E-state index < -0.39 is 0 Å². The molecule has 1 radical (unpaired) electrons. The molecule has 1 rings (SSSR count). The molecule has 0 fully saturated rings. The van der Waals surface area contributed by atoms with E-state index in [-0.39, 0.29) is 52.1 Å². The second-order valence-corrected chi connectivity index (χ2v) is 5.37. The molecule has 0 heterocycles. The zero-order chi connectivity index (χ0) is 12.2. The molecule has 0 aromatic heterocycles. The van der Waals surface area contributed by atoms with Gasteiger partial charge in [-0.1, -0.05) is 13.1 Å². The maximum absolute atomic E-state index is 3.66. The van der Waals surface area contributed by atoms with Crippen molar-refractivity contribution in [2.75, 3.05) is 6.54 Å². The Morgan fingerprint density at radius 1 is 1.11 bits per heavy atom. The van der Waals surface area contributed by atoms with Gasteiger partial charge in [0.25, 0.3) is 0 Å². The van der Waals surface area contributed by atoms with Crippen molar-refractivity contribution in [3.8, 4) is 0 Å².